The first-order valence-corrected chi connectivity index (χ1v) is 8.74. The lowest BCUT2D eigenvalue weighted by Crippen LogP contribution is -2.48. The third kappa shape index (κ3) is 2.70. The fourth-order valence-corrected chi connectivity index (χ4v) is 4.17. The molecule has 1 amide bonds. The predicted molar refractivity (Wildman–Crippen MR) is 89.4 cm³/mol. The van der Waals surface area contributed by atoms with Crippen LogP contribution in [-0.4, -0.2) is 43.6 Å². The topological polar surface area (TPSA) is 63.9 Å². The highest BCUT2D eigenvalue weighted by Crippen LogP contribution is 2.43. The molecule has 0 radical (unpaired) electrons. The van der Waals surface area contributed by atoms with Crippen LogP contribution in [0.2, 0.25) is 0 Å². The number of carbonyl (C=O) groups excluding carboxylic acids is 1. The van der Waals surface area contributed by atoms with Crippen LogP contribution in [0.3, 0.4) is 0 Å². The van der Waals surface area contributed by atoms with E-state index < -0.39 is 0 Å². The Hall–Kier alpha value is -2.24. The van der Waals surface area contributed by atoms with Crippen LogP contribution >= 0.6 is 0 Å². The van der Waals surface area contributed by atoms with Gasteiger partial charge in [0.05, 0.1) is 5.69 Å². The minimum absolute atomic E-state index is 0.0443. The van der Waals surface area contributed by atoms with Crippen LogP contribution in [0.15, 0.2) is 24.7 Å². The maximum absolute atomic E-state index is 12.7. The molecule has 1 saturated heterocycles. The Balaban J connectivity index is 1.48. The van der Waals surface area contributed by atoms with Crippen LogP contribution in [0.25, 0.3) is 0 Å². The summed E-state index contributed by atoms with van der Waals surface area (Å²) in [5.74, 6) is 1.06. The average molecular weight is 325 g/mol. The van der Waals surface area contributed by atoms with Gasteiger partial charge >= 0.3 is 0 Å². The van der Waals surface area contributed by atoms with Crippen LogP contribution in [0.1, 0.15) is 42.8 Å². The summed E-state index contributed by atoms with van der Waals surface area (Å²) in [4.78, 5) is 23.8. The number of hydrogen-bond donors (Lipinski definition) is 0. The van der Waals surface area contributed by atoms with Gasteiger partial charge in [0.25, 0.3) is 0 Å². The van der Waals surface area contributed by atoms with Gasteiger partial charge in [0.1, 0.15) is 5.82 Å². The van der Waals surface area contributed by atoms with E-state index in [2.05, 4.69) is 10.1 Å². The molecule has 1 fully saturated rings. The second-order valence-electron chi connectivity index (χ2n) is 7.01. The van der Waals surface area contributed by atoms with Crippen molar-refractivity contribution in [2.75, 3.05) is 13.1 Å². The smallest absolute Gasteiger partial charge is 0.224 e. The SMILES string of the molecule is Cc1ncc2c(n1)C1(CCCN(C(=O)CCn3cccn3)C1)CC2. The van der Waals surface area contributed by atoms with Gasteiger partial charge in [-0.3, -0.25) is 9.48 Å². The zero-order chi connectivity index (χ0) is 16.6. The lowest BCUT2D eigenvalue weighted by molar-refractivity contribution is -0.133. The number of aryl methyl sites for hydroxylation is 3. The van der Waals surface area contributed by atoms with Crippen molar-refractivity contribution in [3.63, 3.8) is 0 Å². The largest absolute Gasteiger partial charge is 0.342 e. The van der Waals surface area contributed by atoms with Gasteiger partial charge in [-0.1, -0.05) is 0 Å². The lowest BCUT2D eigenvalue weighted by atomic mass is 9.77. The highest BCUT2D eigenvalue weighted by atomic mass is 16.2. The molecule has 0 aromatic carbocycles. The Morgan fingerprint density at radius 1 is 1.38 bits per heavy atom. The summed E-state index contributed by atoms with van der Waals surface area (Å²) in [6.07, 6.45) is 10.4. The van der Waals surface area contributed by atoms with Crippen LogP contribution in [0, 0.1) is 6.92 Å². The van der Waals surface area contributed by atoms with Crippen molar-refractivity contribution in [2.24, 2.45) is 0 Å². The Morgan fingerprint density at radius 2 is 2.29 bits per heavy atom. The molecule has 6 nitrogen and oxygen atoms in total. The first-order chi connectivity index (χ1) is 11.7. The molecule has 1 aliphatic carbocycles. The van der Waals surface area contributed by atoms with Crippen LogP contribution in [0.4, 0.5) is 0 Å². The molecule has 126 valence electrons. The quantitative estimate of drug-likeness (QED) is 0.864. The lowest BCUT2D eigenvalue weighted by Gasteiger charge is -2.40. The second-order valence-corrected chi connectivity index (χ2v) is 7.01. The average Bonchev–Trinajstić information content (AvgIpc) is 3.22. The molecule has 1 spiro atoms. The van der Waals surface area contributed by atoms with Crippen LogP contribution in [0.5, 0.6) is 0 Å². The Bertz CT molecular complexity index is 738. The molecule has 1 aliphatic heterocycles. The number of amides is 1. The van der Waals surface area contributed by atoms with Crippen molar-refractivity contribution in [1.82, 2.24) is 24.6 Å². The number of piperidine rings is 1. The fourth-order valence-electron chi connectivity index (χ4n) is 4.17. The van der Waals surface area contributed by atoms with Crippen molar-refractivity contribution >= 4 is 5.91 Å². The molecule has 6 heteroatoms. The molecular formula is C18H23N5O. The van der Waals surface area contributed by atoms with E-state index in [1.807, 2.05) is 35.0 Å². The van der Waals surface area contributed by atoms with Gasteiger partial charge in [-0.25, -0.2) is 9.97 Å². The van der Waals surface area contributed by atoms with E-state index in [4.69, 9.17) is 4.98 Å². The van der Waals surface area contributed by atoms with E-state index in [1.165, 1.54) is 11.3 Å². The van der Waals surface area contributed by atoms with Gasteiger partial charge < -0.3 is 4.90 Å². The van der Waals surface area contributed by atoms with Gasteiger partial charge in [-0.05, 0) is 44.2 Å². The Labute approximate surface area is 141 Å². The van der Waals surface area contributed by atoms with Gasteiger partial charge in [-0.15, -0.1) is 0 Å². The van der Waals surface area contributed by atoms with Gasteiger partial charge in [0, 0.05) is 50.1 Å². The summed E-state index contributed by atoms with van der Waals surface area (Å²) in [6.45, 7) is 4.25. The van der Waals surface area contributed by atoms with Crippen molar-refractivity contribution in [3.8, 4) is 0 Å². The van der Waals surface area contributed by atoms with Crippen molar-refractivity contribution in [3.05, 3.63) is 41.7 Å². The molecule has 4 rings (SSSR count). The summed E-state index contributed by atoms with van der Waals surface area (Å²) < 4.78 is 1.82. The first-order valence-electron chi connectivity index (χ1n) is 8.74. The normalized spacial score (nSPS) is 22.8. The highest BCUT2D eigenvalue weighted by Gasteiger charge is 2.44. The van der Waals surface area contributed by atoms with Crippen molar-refractivity contribution < 1.29 is 4.79 Å². The Morgan fingerprint density at radius 3 is 3.12 bits per heavy atom. The Kier molecular flexibility index (Phi) is 3.82. The minimum Gasteiger partial charge on any atom is -0.342 e. The van der Waals surface area contributed by atoms with Gasteiger partial charge in [0.2, 0.25) is 5.91 Å². The fraction of sp³-hybridized carbons (Fsp3) is 0.556. The minimum atomic E-state index is 0.0443. The summed E-state index contributed by atoms with van der Waals surface area (Å²) in [5.41, 5.74) is 2.51. The van der Waals surface area contributed by atoms with E-state index in [9.17, 15) is 4.79 Å². The molecule has 3 heterocycles. The number of likely N-dealkylation sites (tertiary alicyclic amines) is 1. The molecule has 0 bridgehead atoms. The predicted octanol–water partition coefficient (Wildman–Crippen LogP) is 1.88. The molecule has 2 aromatic rings. The maximum atomic E-state index is 12.7. The molecule has 0 saturated carbocycles. The van der Waals surface area contributed by atoms with E-state index >= 15 is 0 Å². The molecule has 2 aromatic heterocycles. The number of aromatic nitrogens is 4. The zero-order valence-corrected chi connectivity index (χ0v) is 14.1. The summed E-state index contributed by atoms with van der Waals surface area (Å²) in [5, 5.41) is 4.17. The monoisotopic (exact) mass is 325 g/mol. The number of hydrogen-bond acceptors (Lipinski definition) is 4. The molecule has 1 atom stereocenters. The van der Waals surface area contributed by atoms with E-state index in [-0.39, 0.29) is 11.3 Å². The first kappa shape index (κ1) is 15.3. The number of rotatable bonds is 3. The summed E-state index contributed by atoms with van der Waals surface area (Å²) in [7, 11) is 0. The van der Waals surface area contributed by atoms with Crippen LogP contribution in [-0.2, 0) is 23.2 Å². The summed E-state index contributed by atoms with van der Waals surface area (Å²) >= 11 is 0. The molecule has 1 unspecified atom stereocenters. The van der Waals surface area contributed by atoms with E-state index in [0.717, 1.165) is 44.6 Å². The standard InChI is InChI=1S/C18H23N5O/c1-14-19-12-15-4-7-18(17(15)21-14)6-2-9-22(13-18)16(24)5-11-23-10-3-8-20-23/h3,8,10,12H,2,4-7,9,11,13H2,1H3. The van der Waals surface area contributed by atoms with E-state index in [1.54, 1.807) is 6.20 Å². The van der Waals surface area contributed by atoms with Gasteiger partial charge in [-0.2, -0.15) is 5.10 Å². The van der Waals surface area contributed by atoms with Crippen molar-refractivity contribution in [1.29, 1.82) is 0 Å². The van der Waals surface area contributed by atoms with Crippen molar-refractivity contribution in [2.45, 2.75) is 51.0 Å². The summed E-state index contributed by atoms with van der Waals surface area (Å²) in [6, 6.07) is 1.89. The molecular weight excluding hydrogens is 302 g/mol. The third-order valence-electron chi connectivity index (χ3n) is 5.40. The van der Waals surface area contributed by atoms with E-state index in [0.29, 0.717) is 13.0 Å². The second kappa shape index (κ2) is 6.00. The molecule has 24 heavy (non-hydrogen) atoms. The number of carbonyl (C=O) groups is 1. The zero-order valence-electron chi connectivity index (χ0n) is 14.1. The van der Waals surface area contributed by atoms with Gasteiger partial charge in [0.15, 0.2) is 0 Å². The molecule has 2 aliphatic rings. The maximum Gasteiger partial charge on any atom is 0.224 e. The third-order valence-corrected chi connectivity index (χ3v) is 5.40. The number of fused-ring (bicyclic) bond motifs is 2. The highest BCUT2D eigenvalue weighted by molar-refractivity contribution is 5.76. The number of nitrogens with zero attached hydrogens (tertiary/aromatic N) is 5. The van der Waals surface area contributed by atoms with Crippen LogP contribution < -0.4 is 0 Å². The molecule has 0 N–H and O–H groups in total.